The molecule has 2 fully saturated rings. The number of ether oxygens (including phenoxy) is 1. The van der Waals surface area contributed by atoms with Crippen molar-refractivity contribution in [3.63, 3.8) is 0 Å². The molecule has 1 saturated heterocycles. The Morgan fingerprint density at radius 2 is 2.32 bits per heavy atom. The molecule has 1 aliphatic heterocycles. The molecule has 5 heteroatoms. The molecule has 1 aliphatic carbocycles. The van der Waals surface area contributed by atoms with Crippen LogP contribution < -0.4 is 16.4 Å². The highest BCUT2D eigenvalue weighted by molar-refractivity contribution is 5.92. The predicted octanol–water partition coefficient (Wildman–Crippen LogP) is 1.03. The standard InChI is InChI=1S/C17H25N3O2/c18-17(21)13-4-1-3-12(9-13)10-20-15-6-2-5-14(15)16-11-22-8-7-19-16/h1,3-4,9,14-16,19-20H,2,5-8,10-11H2,(H2,18,21). The van der Waals surface area contributed by atoms with Crippen molar-refractivity contribution >= 4 is 5.91 Å². The predicted molar refractivity (Wildman–Crippen MR) is 85.5 cm³/mol. The van der Waals surface area contributed by atoms with Gasteiger partial charge in [0.15, 0.2) is 0 Å². The van der Waals surface area contributed by atoms with Crippen LogP contribution in [0.25, 0.3) is 0 Å². The van der Waals surface area contributed by atoms with Crippen molar-refractivity contribution in [3.05, 3.63) is 35.4 Å². The van der Waals surface area contributed by atoms with Crippen LogP contribution in [0.3, 0.4) is 0 Å². The van der Waals surface area contributed by atoms with E-state index in [4.69, 9.17) is 10.5 Å². The Kier molecular flexibility index (Phi) is 5.08. The Bertz CT molecular complexity index is 514. The summed E-state index contributed by atoms with van der Waals surface area (Å²) in [5, 5.41) is 7.25. The first-order chi connectivity index (χ1) is 10.7. The summed E-state index contributed by atoms with van der Waals surface area (Å²) in [5.41, 5.74) is 7.02. The van der Waals surface area contributed by atoms with Crippen molar-refractivity contribution in [2.75, 3.05) is 19.8 Å². The van der Waals surface area contributed by atoms with Crippen molar-refractivity contribution in [3.8, 4) is 0 Å². The number of nitrogens with two attached hydrogens (primary N) is 1. The number of morpholine rings is 1. The van der Waals surface area contributed by atoms with Gasteiger partial charge in [-0.25, -0.2) is 0 Å². The van der Waals surface area contributed by atoms with Crippen molar-refractivity contribution in [1.82, 2.24) is 10.6 Å². The van der Waals surface area contributed by atoms with Crippen LogP contribution >= 0.6 is 0 Å². The Hall–Kier alpha value is -1.43. The molecule has 0 spiro atoms. The third-order valence-corrected chi connectivity index (χ3v) is 4.82. The minimum absolute atomic E-state index is 0.371. The Morgan fingerprint density at radius 3 is 3.09 bits per heavy atom. The van der Waals surface area contributed by atoms with Crippen LogP contribution in [0.2, 0.25) is 0 Å². The van der Waals surface area contributed by atoms with Crippen molar-refractivity contribution < 1.29 is 9.53 Å². The maximum atomic E-state index is 11.3. The molecule has 0 aromatic heterocycles. The van der Waals surface area contributed by atoms with Gasteiger partial charge in [0.25, 0.3) is 0 Å². The summed E-state index contributed by atoms with van der Waals surface area (Å²) in [6.45, 7) is 3.37. The third kappa shape index (κ3) is 3.66. The summed E-state index contributed by atoms with van der Waals surface area (Å²) in [6, 6.07) is 8.53. The Morgan fingerprint density at radius 1 is 1.41 bits per heavy atom. The molecular weight excluding hydrogens is 278 g/mol. The summed E-state index contributed by atoms with van der Waals surface area (Å²) in [5.74, 6) is 0.253. The zero-order valence-corrected chi connectivity index (χ0v) is 12.9. The monoisotopic (exact) mass is 303 g/mol. The lowest BCUT2D eigenvalue weighted by Gasteiger charge is -2.33. The minimum atomic E-state index is -0.371. The fraction of sp³-hybridized carbons (Fsp3) is 0.588. The van der Waals surface area contributed by atoms with Crippen LogP contribution in [0, 0.1) is 5.92 Å². The van der Waals surface area contributed by atoms with Gasteiger partial charge in [-0.05, 0) is 36.5 Å². The molecule has 1 saturated carbocycles. The summed E-state index contributed by atoms with van der Waals surface area (Å²) in [4.78, 5) is 11.3. The molecule has 3 unspecified atom stereocenters. The van der Waals surface area contributed by atoms with Gasteiger partial charge in [0.05, 0.1) is 13.2 Å². The van der Waals surface area contributed by atoms with E-state index >= 15 is 0 Å². The van der Waals surface area contributed by atoms with Crippen LogP contribution in [0.5, 0.6) is 0 Å². The molecule has 1 aromatic rings. The van der Waals surface area contributed by atoms with Crippen LogP contribution in [0.4, 0.5) is 0 Å². The number of carbonyl (C=O) groups excluding carboxylic acids is 1. The molecule has 5 nitrogen and oxygen atoms in total. The maximum absolute atomic E-state index is 11.3. The SMILES string of the molecule is NC(=O)c1cccc(CNC2CCCC2C2COCCN2)c1. The highest BCUT2D eigenvalue weighted by Gasteiger charge is 2.34. The lowest BCUT2D eigenvalue weighted by atomic mass is 9.94. The molecule has 0 bridgehead atoms. The number of nitrogens with one attached hydrogen (secondary N) is 2. The van der Waals surface area contributed by atoms with Crippen LogP contribution in [0.1, 0.15) is 35.2 Å². The van der Waals surface area contributed by atoms with Crippen LogP contribution in [-0.2, 0) is 11.3 Å². The number of hydrogen-bond donors (Lipinski definition) is 3. The second-order valence-corrected chi connectivity index (χ2v) is 6.28. The van der Waals surface area contributed by atoms with Gasteiger partial charge in [0.2, 0.25) is 5.91 Å². The number of amides is 1. The molecule has 0 radical (unpaired) electrons. The Balaban J connectivity index is 1.58. The average molecular weight is 303 g/mol. The van der Waals surface area contributed by atoms with Gasteiger partial charge in [-0.1, -0.05) is 18.6 Å². The second-order valence-electron chi connectivity index (χ2n) is 6.28. The van der Waals surface area contributed by atoms with Gasteiger partial charge in [0, 0.05) is 30.7 Å². The number of hydrogen-bond acceptors (Lipinski definition) is 4. The molecule has 4 N–H and O–H groups in total. The number of rotatable bonds is 5. The van der Waals surface area contributed by atoms with E-state index in [9.17, 15) is 4.79 Å². The highest BCUT2D eigenvalue weighted by Crippen LogP contribution is 2.29. The molecule has 1 aromatic carbocycles. The molecule has 22 heavy (non-hydrogen) atoms. The average Bonchev–Trinajstić information content (AvgIpc) is 3.02. The molecule has 3 rings (SSSR count). The van der Waals surface area contributed by atoms with E-state index in [0.717, 1.165) is 31.9 Å². The van der Waals surface area contributed by atoms with Crippen molar-refractivity contribution in [2.45, 2.75) is 37.9 Å². The summed E-state index contributed by atoms with van der Waals surface area (Å²) in [7, 11) is 0. The first-order valence-electron chi connectivity index (χ1n) is 8.17. The van der Waals surface area contributed by atoms with E-state index in [1.807, 2.05) is 18.2 Å². The zero-order chi connectivity index (χ0) is 15.4. The molecule has 2 aliphatic rings. The van der Waals surface area contributed by atoms with Crippen molar-refractivity contribution in [1.29, 1.82) is 0 Å². The summed E-state index contributed by atoms with van der Waals surface area (Å²) < 4.78 is 5.61. The molecule has 120 valence electrons. The van der Waals surface area contributed by atoms with Gasteiger partial charge < -0.3 is 21.1 Å². The first kappa shape index (κ1) is 15.5. The number of primary amides is 1. The first-order valence-corrected chi connectivity index (χ1v) is 8.17. The Labute approximate surface area is 131 Å². The van der Waals surface area contributed by atoms with Crippen LogP contribution in [0.15, 0.2) is 24.3 Å². The fourth-order valence-corrected chi connectivity index (χ4v) is 3.67. The van der Waals surface area contributed by atoms with Gasteiger partial charge in [-0.3, -0.25) is 4.79 Å². The van der Waals surface area contributed by atoms with E-state index in [-0.39, 0.29) is 5.91 Å². The zero-order valence-electron chi connectivity index (χ0n) is 12.9. The third-order valence-electron chi connectivity index (χ3n) is 4.82. The smallest absolute Gasteiger partial charge is 0.248 e. The molecule has 1 heterocycles. The van der Waals surface area contributed by atoms with E-state index in [2.05, 4.69) is 10.6 Å². The van der Waals surface area contributed by atoms with E-state index in [0.29, 0.717) is 23.6 Å². The lowest BCUT2D eigenvalue weighted by Crippen LogP contribution is -2.50. The fourth-order valence-electron chi connectivity index (χ4n) is 3.67. The lowest BCUT2D eigenvalue weighted by molar-refractivity contribution is 0.0524. The largest absolute Gasteiger partial charge is 0.379 e. The summed E-state index contributed by atoms with van der Waals surface area (Å²) in [6.07, 6.45) is 3.72. The normalized spacial score (nSPS) is 28.6. The van der Waals surface area contributed by atoms with Crippen LogP contribution in [-0.4, -0.2) is 37.7 Å². The van der Waals surface area contributed by atoms with Gasteiger partial charge >= 0.3 is 0 Å². The van der Waals surface area contributed by atoms with Crippen molar-refractivity contribution in [2.24, 2.45) is 11.7 Å². The number of carbonyl (C=O) groups is 1. The molecule has 1 amide bonds. The van der Waals surface area contributed by atoms with Gasteiger partial charge in [-0.2, -0.15) is 0 Å². The minimum Gasteiger partial charge on any atom is -0.379 e. The van der Waals surface area contributed by atoms with E-state index in [1.54, 1.807) is 6.07 Å². The number of benzene rings is 1. The van der Waals surface area contributed by atoms with E-state index in [1.165, 1.54) is 19.3 Å². The topological polar surface area (TPSA) is 76.4 Å². The van der Waals surface area contributed by atoms with Gasteiger partial charge in [0.1, 0.15) is 0 Å². The quantitative estimate of drug-likeness (QED) is 0.759. The van der Waals surface area contributed by atoms with Gasteiger partial charge in [-0.15, -0.1) is 0 Å². The molecule has 3 atom stereocenters. The second kappa shape index (κ2) is 7.22. The molecular formula is C17H25N3O2. The maximum Gasteiger partial charge on any atom is 0.248 e. The highest BCUT2D eigenvalue weighted by atomic mass is 16.5. The van der Waals surface area contributed by atoms with E-state index < -0.39 is 0 Å². The summed E-state index contributed by atoms with van der Waals surface area (Å²) >= 11 is 0.